The van der Waals surface area contributed by atoms with Crippen LogP contribution in [0.3, 0.4) is 0 Å². The molecule has 0 unspecified atom stereocenters. The predicted octanol–water partition coefficient (Wildman–Crippen LogP) is 2.53. The molecule has 4 rings (SSSR count). The smallest absolute Gasteiger partial charge is 0.243 e. The van der Waals surface area contributed by atoms with Crippen molar-refractivity contribution in [1.29, 1.82) is 0 Å². The van der Waals surface area contributed by atoms with Crippen LogP contribution >= 0.6 is 0 Å². The fourth-order valence-corrected chi connectivity index (χ4v) is 4.57. The molecule has 0 aliphatic carbocycles. The van der Waals surface area contributed by atoms with Gasteiger partial charge in [0.2, 0.25) is 17.7 Å². The van der Waals surface area contributed by atoms with Crippen LogP contribution in [0.15, 0.2) is 54.6 Å². The Morgan fingerprint density at radius 1 is 1.09 bits per heavy atom. The van der Waals surface area contributed by atoms with Crippen molar-refractivity contribution >= 4 is 29.1 Å². The van der Waals surface area contributed by atoms with Gasteiger partial charge in [-0.2, -0.15) is 0 Å². The van der Waals surface area contributed by atoms with Gasteiger partial charge in [0.05, 0.1) is 31.7 Å². The molecule has 0 radical (unpaired) electrons. The molecule has 2 fully saturated rings. The number of amides is 3. The average Bonchev–Trinajstić information content (AvgIpc) is 3.26. The Kier molecular flexibility index (Phi) is 7.47. The summed E-state index contributed by atoms with van der Waals surface area (Å²) in [5.41, 5.74) is 2.81. The summed E-state index contributed by atoms with van der Waals surface area (Å²) in [5.74, 6) is -0.931. The summed E-state index contributed by atoms with van der Waals surface area (Å²) in [6, 6.07) is 17.4. The first-order chi connectivity index (χ1) is 16.4. The maximum Gasteiger partial charge on any atom is 0.243 e. The van der Waals surface area contributed by atoms with Gasteiger partial charge in [-0.25, -0.2) is 0 Å². The van der Waals surface area contributed by atoms with E-state index in [2.05, 4.69) is 10.2 Å². The zero-order valence-corrected chi connectivity index (χ0v) is 19.8. The van der Waals surface area contributed by atoms with Gasteiger partial charge in [-0.15, -0.1) is 0 Å². The average molecular weight is 465 g/mol. The van der Waals surface area contributed by atoms with Crippen molar-refractivity contribution in [3.63, 3.8) is 0 Å². The molecule has 8 nitrogen and oxygen atoms in total. The lowest BCUT2D eigenvalue weighted by Crippen LogP contribution is -2.39. The molecular formula is C26H32N4O4. The van der Waals surface area contributed by atoms with E-state index in [9.17, 15) is 14.4 Å². The topological polar surface area (TPSA) is 82.2 Å². The second-order valence-corrected chi connectivity index (χ2v) is 8.92. The zero-order chi connectivity index (χ0) is 24.1. The lowest BCUT2D eigenvalue weighted by molar-refractivity contribution is -0.137. The largest absolute Gasteiger partial charge is 0.378 e. The van der Waals surface area contributed by atoms with Crippen LogP contribution in [-0.2, 0) is 19.1 Å². The highest BCUT2D eigenvalue weighted by molar-refractivity contribution is 5.96. The second kappa shape index (κ2) is 10.7. The van der Waals surface area contributed by atoms with Gasteiger partial charge in [-0.05, 0) is 36.8 Å². The number of rotatable bonds is 7. The van der Waals surface area contributed by atoms with Crippen LogP contribution < -0.4 is 10.2 Å². The van der Waals surface area contributed by atoms with Gasteiger partial charge in [0.15, 0.2) is 0 Å². The molecule has 2 aliphatic rings. The van der Waals surface area contributed by atoms with E-state index < -0.39 is 5.92 Å². The van der Waals surface area contributed by atoms with Crippen LogP contribution in [0.4, 0.5) is 11.4 Å². The summed E-state index contributed by atoms with van der Waals surface area (Å²) in [4.78, 5) is 43.5. The minimum absolute atomic E-state index is 0.0343. The number of carbonyl (C=O) groups excluding carboxylic acids is 3. The van der Waals surface area contributed by atoms with Crippen LogP contribution in [0.1, 0.15) is 24.9 Å². The fraction of sp³-hybridized carbons (Fsp3) is 0.423. The molecule has 1 N–H and O–H groups in total. The highest BCUT2D eigenvalue weighted by Crippen LogP contribution is 2.29. The van der Waals surface area contributed by atoms with Gasteiger partial charge < -0.3 is 24.8 Å². The number of benzene rings is 2. The molecule has 2 heterocycles. The molecule has 0 bridgehead atoms. The number of hydrogen-bond donors (Lipinski definition) is 1. The van der Waals surface area contributed by atoms with Gasteiger partial charge in [0.1, 0.15) is 0 Å². The molecule has 34 heavy (non-hydrogen) atoms. The Bertz CT molecular complexity index is 1010. The number of hydrogen-bond acceptors (Lipinski definition) is 5. The van der Waals surface area contributed by atoms with Crippen molar-refractivity contribution in [2.24, 2.45) is 5.92 Å². The standard InChI is InChI=1S/C26H32N4O4/c1-19(20-6-4-3-5-7-20)30-17-21(16-25(30)32)26(33)28(2)18-24(31)27-22-8-10-23(11-9-22)29-12-14-34-15-13-29/h3-11,19,21H,12-18H2,1-2H3,(H,27,31)/t19-,21+/m1/s1. The molecule has 0 saturated carbocycles. The van der Waals surface area contributed by atoms with Crippen LogP contribution in [0, 0.1) is 5.92 Å². The van der Waals surface area contributed by atoms with E-state index in [1.165, 1.54) is 4.90 Å². The van der Waals surface area contributed by atoms with Crippen LogP contribution in [-0.4, -0.2) is 74.0 Å². The number of anilines is 2. The van der Waals surface area contributed by atoms with Gasteiger partial charge in [-0.1, -0.05) is 30.3 Å². The maximum absolute atomic E-state index is 13.0. The van der Waals surface area contributed by atoms with E-state index in [1.807, 2.05) is 61.5 Å². The first-order valence-electron chi connectivity index (χ1n) is 11.7. The Labute approximate surface area is 200 Å². The Morgan fingerprint density at radius 3 is 2.44 bits per heavy atom. The summed E-state index contributed by atoms with van der Waals surface area (Å²) in [6.07, 6.45) is 0.172. The lowest BCUT2D eigenvalue weighted by atomic mass is 10.1. The van der Waals surface area contributed by atoms with Crippen LogP contribution in [0.25, 0.3) is 0 Å². The summed E-state index contributed by atoms with van der Waals surface area (Å²) >= 11 is 0. The highest BCUT2D eigenvalue weighted by atomic mass is 16.5. The van der Waals surface area contributed by atoms with Crippen LogP contribution in [0.2, 0.25) is 0 Å². The molecular weight excluding hydrogens is 432 g/mol. The number of ether oxygens (including phenoxy) is 1. The number of carbonyl (C=O) groups is 3. The molecule has 2 aromatic rings. The van der Waals surface area contributed by atoms with Gasteiger partial charge in [-0.3, -0.25) is 14.4 Å². The number of likely N-dealkylation sites (tertiary alicyclic amines) is 1. The Balaban J connectivity index is 1.28. The van der Waals surface area contributed by atoms with E-state index in [0.717, 1.165) is 24.3 Å². The fourth-order valence-electron chi connectivity index (χ4n) is 4.57. The minimum atomic E-state index is -0.440. The molecule has 2 atom stereocenters. The number of nitrogens with zero attached hydrogens (tertiary/aromatic N) is 3. The number of nitrogens with one attached hydrogen (secondary N) is 1. The normalized spacial score (nSPS) is 19.1. The van der Waals surface area contributed by atoms with Crippen molar-refractivity contribution in [3.8, 4) is 0 Å². The quantitative estimate of drug-likeness (QED) is 0.681. The van der Waals surface area contributed by atoms with Gasteiger partial charge in [0.25, 0.3) is 0 Å². The van der Waals surface area contributed by atoms with Crippen LogP contribution in [0.5, 0.6) is 0 Å². The third-order valence-electron chi connectivity index (χ3n) is 6.54. The SMILES string of the molecule is C[C@H](c1ccccc1)N1C[C@@H](C(=O)N(C)CC(=O)Nc2ccc(N3CCOCC3)cc2)CC1=O. The highest BCUT2D eigenvalue weighted by Gasteiger charge is 2.38. The lowest BCUT2D eigenvalue weighted by Gasteiger charge is -2.29. The first-order valence-corrected chi connectivity index (χ1v) is 11.7. The molecule has 0 aromatic heterocycles. The third-order valence-corrected chi connectivity index (χ3v) is 6.54. The van der Waals surface area contributed by atoms with Crippen molar-refractivity contribution in [2.75, 3.05) is 56.7 Å². The van der Waals surface area contributed by atoms with Crippen molar-refractivity contribution < 1.29 is 19.1 Å². The maximum atomic E-state index is 13.0. The van der Waals surface area contributed by atoms with Crippen molar-refractivity contribution in [1.82, 2.24) is 9.80 Å². The molecule has 2 saturated heterocycles. The van der Waals surface area contributed by atoms with Gasteiger partial charge in [0, 0.05) is 44.5 Å². The monoisotopic (exact) mass is 464 g/mol. The van der Waals surface area contributed by atoms with E-state index in [0.29, 0.717) is 25.4 Å². The van der Waals surface area contributed by atoms with E-state index in [1.54, 1.807) is 11.9 Å². The minimum Gasteiger partial charge on any atom is -0.378 e. The van der Waals surface area contributed by atoms with Crippen molar-refractivity contribution in [3.05, 3.63) is 60.2 Å². The van der Waals surface area contributed by atoms with E-state index in [4.69, 9.17) is 4.74 Å². The van der Waals surface area contributed by atoms with Gasteiger partial charge >= 0.3 is 0 Å². The summed E-state index contributed by atoms with van der Waals surface area (Å²) in [6.45, 7) is 5.41. The Morgan fingerprint density at radius 2 is 1.76 bits per heavy atom. The molecule has 3 amide bonds. The Hall–Kier alpha value is -3.39. The van der Waals surface area contributed by atoms with Crippen molar-refractivity contribution in [2.45, 2.75) is 19.4 Å². The molecule has 180 valence electrons. The number of likely N-dealkylation sites (N-methyl/N-ethyl adjacent to an activating group) is 1. The summed E-state index contributed by atoms with van der Waals surface area (Å²) in [5, 5.41) is 2.85. The zero-order valence-electron chi connectivity index (χ0n) is 19.8. The van der Waals surface area contributed by atoms with E-state index >= 15 is 0 Å². The second-order valence-electron chi connectivity index (χ2n) is 8.92. The van der Waals surface area contributed by atoms with E-state index in [-0.39, 0.29) is 36.7 Å². The molecule has 2 aromatic carbocycles. The third kappa shape index (κ3) is 5.56. The molecule has 0 spiro atoms. The summed E-state index contributed by atoms with van der Waals surface area (Å²) in [7, 11) is 1.61. The number of morpholine rings is 1. The first kappa shape index (κ1) is 23.8. The molecule has 8 heteroatoms. The molecule has 2 aliphatic heterocycles. The predicted molar refractivity (Wildman–Crippen MR) is 130 cm³/mol. The summed E-state index contributed by atoms with van der Waals surface area (Å²) < 4.78 is 5.38.